The zero-order chi connectivity index (χ0) is 59.8. The first kappa shape index (κ1) is 63.0. The summed E-state index contributed by atoms with van der Waals surface area (Å²) in [5.74, 6) is 1.15. The van der Waals surface area contributed by atoms with Gasteiger partial charge in [-0.1, -0.05) is 19.6 Å². The van der Waals surface area contributed by atoms with Crippen LogP contribution in [0.5, 0.6) is 23.3 Å². The number of alkyl halides is 4. The van der Waals surface area contributed by atoms with Gasteiger partial charge in [0, 0.05) is 118 Å². The van der Waals surface area contributed by atoms with Crippen molar-refractivity contribution >= 4 is 61.4 Å². The molecule has 23 nitrogen and oxygen atoms in total. The number of H-pyrrole nitrogens is 1. The van der Waals surface area contributed by atoms with Crippen LogP contribution in [0.25, 0.3) is 22.3 Å². The van der Waals surface area contributed by atoms with Crippen molar-refractivity contribution in [3.63, 3.8) is 0 Å². The summed E-state index contributed by atoms with van der Waals surface area (Å²) in [6, 6.07) is 15.2. The number of nitrogens with two attached hydrogens (primary N) is 1. The third-order valence-corrected chi connectivity index (χ3v) is 19.9. The molecule has 0 bridgehead atoms. The number of sulfonamides is 2. The molecule has 83 heavy (non-hydrogen) atoms. The lowest BCUT2D eigenvalue weighted by Crippen LogP contribution is -2.45. The summed E-state index contributed by atoms with van der Waals surface area (Å²) in [7, 11) is -0.694. The van der Waals surface area contributed by atoms with E-state index in [0.717, 1.165) is 60.6 Å². The molecule has 0 spiro atoms. The van der Waals surface area contributed by atoms with E-state index in [1.807, 2.05) is 34.3 Å². The van der Waals surface area contributed by atoms with Gasteiger partial charge in [0.2, 0.25) is 22.4 Å². The van der Waals surface area contributed by atoms with E-state index in [1.165, 1.54) is 37.8 Å². The lowest BCUT2D eigenvalue weighted by Gasteiger charge is -2.34. The Balaban J connectivity index is 0.000000171. The Morgan fingerprint density at radius 3 is 1.82 bits per heavy atom. The Hall–Kier alpha value is -6.06. The van der Waals surface area contributed by atoms with Crippen LogP contribution < -0.4 is 30.0 Å². The van der Waals surface area contributed by atoms with Crippen LogP contribution in [-0.2, 0) is 44.4 Å². The topological polar surface area (TPSA) is 263 Å². The highest BCUT2D eigenvalue weighted by atomic mass is 79.9. The molecule has 6 aromatic rings. The van der Waals surface area contributed by atoms with Gasteiger partial charge in [0.15, 0.2) is 0 Å². The molecule has 0 unspecified atom stereocenters. The minimum absolute atomic E-state index is 0.0549. The van der Waals surface area contributed by atoms with Gasteiger partial charge in [-0.3, -0.25) is 0 Å². The molecule has 10 rings (SSSR count). The maximum absolute atomic E-state index is 13.2. The fourth-order valence-electron chi connectivity index (χ4n) is 9.75. The molecule has 4 N–H and O–H groups in total. The summed E-state index contributed by atoms with van der Waals surface area (Å²) >= 11 is 3.19. The molecule has 2 saturated heterocycles. The van der Waals surface area contributed by atoms with Crippen LogP contribution in [0.1, 0.15) is 36.8 Å². The number of nitrogen functional groups attached to an aromatic ring is 1. The Bertz CT molecular complexity index is 3400. The van der Waals surface area contributed by atoms with E-state index < -0.39 is 41.3 Å². The SMILES string of the molecule is CN(C)C1CCN(S(=O)(=O)c2nc(Br)nn2COCC[Si](C)(C)C)CC1.CN(C)C1CCN(S(=O)(=O)c2nc(Nc3c(-c4ccnc(OC(F)F)c4)ccc4c3CCO4)n[nH]2)CC1.Nc1c(-c2ccnc(OC(F)F)c2)ccc2c1CCO2. The van der Waals surface area contributed by atoms with E-state index >= 15 is 0 Å². The van der Waals surface area contributed by atoms with Gasteiger partial charge in [-0.05, 0) is 123 Å². The van der Waals surface area contributed by atoms with Crippen molar-refractivity contribution in [1.82, 2.24) is 58.3 Å². The van der Waals surface area contributed by atoms with Gasteiger partial charge < -0.3 is 44.5 Å². The molecule has 4 aromatic heterocycles. The molecule has 31 heteroatoms. The van der Waals surface area contributed by atoms with Crippen molar-refractivity contribution in [2.24, 2.45) is 0 Å². The predicted octanol–water partition coefficient (Wildman–Crippen LogP) is 7.80. The van der Waals surface area contributed by atoms with Crippen molar-refractivity contribution < 1.29 is 58.1 Å². The van der Waals surface area contributed by atoms with E-state index in [-0.39, 0.29) is 39.5 Å². The van der Waals surface area contributed by atoms with E-state index in [4.69, 9.17) is 19.9 Å². The van der Waals surface area contributed by atoms with E-state index in [9.17, 15) is 34.4 Å². The molecule has 4 aliphatic rings. The minimum atomic E-state index is -3.85. The standard InChI is InChI=1S/C23H27F2N7O4S.C15H30BrN5O3SSi.C14H12F2N2O2/c1-31(2)15-6-10-32(11-7-15)37(33,34)23-28-22(29-30-23)27-20-16(3-4-18-17(20)8-12-35-18)14-5-9-26-19(13-14)36-21(24)25;1-19(2)13-6-8-20(9-7-13)25(22,23)15-17-14(16)18-21(15)12-24-10-11-26(3,4)5;15-14(16)20-12-7-8(3-5-18-12)9-1-2-11-10(13(9)17)4-6-19-11/h3-5,9,13,15,21H,6-8,10-12H2,1-2H3,(H2,27,28,29,30);13H,6-12H2,1-5H3;1-3,5,7,14H,4,6,17H2. The maximum atomic E-state index is 13.2. The van der Waals surface area contributed by atoms with Crippen molar-refractivity contribution in [3.8, 4) is 45.5 Å². The number of ether oxygens (including phenoxy) is 5. The highest BCUT2D eigenvalue weighted by Crippen LogP contribution is 2.42. The van der Waals surface area contributed by atoms with Gasteiger partial charge >= 0.3 is 13.2 Å². The van der Waals surface area contributed by atoms with Gasteiger partial charge in [-0.25, -0.2) is 36.6 Å². The van der Waals surface area contributed by atoms with E-state index in [2.05, 4.69) is 95.4 Å². The van der Waals surface area contributed by atoms with Crippen molar-refractivity contribution in [3.05, 3.63) is 76.8 Å². The number of fused-ring (bicyclic) bond motifs is 2. The summed E-state index contributed by atoms with van der Waals surface area (Å²) in [6.07, 6.45) is 7.21. The molecule has 0 amide bonds. The summed E-state index contributed by atoms with van der Waals surface area (Å²) in [6.45, 7) is 4.46. The average molecular weight is 1280 g/mol. The van der Waals surface area contributed by atoms with E-state index in [1.54, 1.807) is 30.3 Å². The first-order chi connectivity index (χ1) is 39.4. The lowest BCUT2D eigenvalue weighted by atomic mass is 9.99. The molecule has 8 heterocycles. The first-order valence-electron chi connectivity index (χ1n) is 26.7. The second-order valence-corrected chi connectivity index (χ2v) is 31.5. The molecule has 0 atom stereocenters. The quantitative estimate of drug-likeness (QED) is 0.0302. The Morgan fingerprint density at radius 1 is 0.759 bits per heavy atom. The summed E-state index contributed by atoms with van der Waals surface area (Å²) in [5.41, 5.74) is 11.8. The number of rotatable bonds is 19. The second-order valence-electron chi connectivity index (χ2n) is 21.5. The smallest absolute Gasteiger partial charge is 0.388 e. The number of aromatic amines is 1. The molecule has 452 valence electrons. The number of pyridine rings is 2. The van der Waals surface area contributed by atoms with Crippen LogP contribution in [0, 0.1) is 0 Å². The zero-order valence-electron chi connectivity index (χ0n) is 47.1. The van der Waals surface area contributed by atoms with Crippen molar-refractivity contribution in [2.75, 3.05) is 85.2 Å². The fourth-order valence-corrected chi connectivity index (χ4v) is 13.8. The third-order valence-electron chi connectivity index (χ3n) is 14.3. The van der Waals surface area contributed by atoms with Gasteiger partial charge in [-0.2, -0.15) is 36.1 Å². The molecule has 4 aliphatic heterocycles. The fraction of sp³-hybridized carbons (Fsp3) is 0.500. The molecule has 0 aliphatic carbocycles. The predicted molar refractivity (Wildman–Crippen MR) is 308 cm³/mol. The summed E-state index contributed by atoms with van der Waals surface area (Å²) < 4.78 is 132. The number of halogens is 5. The number of piperidine rings is 2. The third kappa shape index (κ3) is 16.0. The number of hydrogen-bond donors (Lipinski definition) is 3. The molecule has 2 aromatic carbocycles. The second kappa shape index (κ2) is 27.3. The van der Waals surface area contributed by atoms with Gasteiger partial charge in [-0.15, -0.1) is 10.2 Å². The zero-order valence-corrected chi connectivity index (χ0v) is 51.3. The maximum Gasteiger partial charge on any atom is 0.388 e. The highest BCUT2D eigenvalue weighted by molar-refractivity contribution is 9.10. The molecule has 2 fully saturated rings. The van der Waals surface area contributed by atoms with Gasteiger partial charge in [0.25, 0.3) is 30.4 Å². The molecule has 0 saturated carbocycles. The first-order valence-corrected chi connectivity index (χ1v) is 34.1. The monoisotopic (exact) mass is 1280 g/mol. The average Bonchev–Trinajstić information content (AvgIpc) is 4.52. The van der Waals surface area contributed by atoms with Crippen molar-refractivity contribution in [1.29, 1.82) is 0 Å². The van der Waals surface area contributed by atoms with Crippen LogP contribution in [0.4, 0.5) is 34.9 Å². The summed E-state index contributed by atoms with van der Waals surface area (Å²) in [5, 5.41) is 13.6. The number of hydrogen-bond acceptors (Lipinski definition) is 19. The Morgan fingerprint density at radius 2 is 1.28 bits per heavy atom. The highest BCUT2D eigenvalue weighted by Gasteiger charge is 2.36. The number of anilines is 3. The number of nitrogens with one attached hydrogen (secondary N) is 2. The normalized spacial score (nSPS) is 16.2. The number of aromatic nitrogens is 8. The van der Waals surface area contributed by atoms with Crippen LogP contribution in [0.15, 0.2) is 76.0 Å². The van der Waals surface area contributed by atoms with Crippen LogP contribution in [0.2, 0.25) is 25.7 Å². The largest absolute Gasteiger partial charge is 0.493 e. The molecular formula is C52H69BrF4N14O9S2Si. The number of nitrogens with zero attached hydrogens (tertiary/aromatic N) is 11. The Labute approximate surface area is 489 Å². The van der Waals surface area contributed by atoms with Crippen LogP contribution in [-0.4, -0.2) is 183 Å². The molecule has 0 radical (unpaired) electrons. The van der Waals surface area contributed by atoms with Crippen molar-refractivity contribution in [2.45, 2.75) is 107 Å². The van der Waals surface area contributed by atoms with Crippen LogP contribution >= 0.6 is 15.9 Å². The summed E-state index contributed by atoms with van der Waals surface area (Å²) in [4.78, 5) is 20.1. The van der Waals surface area contributed by atoms with Gasteiger partial charge in [0.1, 0.15) is 18.2 Å². The molecular weight excluding hydrogens is 1210 g/mol. The number of benzene rings is 2. The van der Waals surface area contributed by atoms with Gasteiger partial charge in [0.05, 0.1) is 18.9 Å². The minimum Gasteiger partial charge on any atom is -0.493 e. The Kier molecular flexibility index (Phi) is 20.7. The van der Waals surface area contributed by atoms with E-state index in [0.29, 0.717) is 98.3 Å². The lowest BCUT2D eigenvalue weighted by molar-refractivity contribution is -0.0535. The van der Waals surface area contributed by atoms with Crippen LogP contribution in [0.3, 0.4) is 0 Å².